The van der Waals surface area contributed by atoms with E-state index in [1.807, 2.05) is 53.8 Å². The summed E-state index contributed by atoms with van der Waals surface area (Å²) in [5, 5.41) is 9.94. The fraction of sp³-hybridized carbons (Fsp3) is 0.185. The van der Waals surface area contributed by atoms with Gasteiger partial charge in [-0.3, -0.25) is 4.79 Å². The number of piperazine rings is 1. The average molecular weight is 485 g/mol. The molecule has 1 saturated heterocycles. The highest BCUT2D eigenvalue weighted by Gasteiger charge is 2.27. The van der Waals surface area contributed by atoms with E-state index in [4.69, 9.17) is 4.98 Å². The molecule has 0 saturated carbocycles. The van der Waals surface area contributed by atoms with Crippen molar-refractivity contribution in [1.29, 1.82) is 0 Å². The molecule has 1 aliphatic heterocycles. The van der Waals surface area contributed by atoms with Crippen LogP contribution in [-0.2, 0) is 0 Å². The van der Waals surface area contributed by atoms with Crippen LogP contribution in [0.5, 0.6) is 0 Å². The van der Waals surface area contributed by atoms with Gasteiger partial charge < -0.3 is 9.80 Å². The smallest absolute Gasteiger partial charge is 0.256 e. The predicted octanol–water partition coefficient (Wildman–Crippen LogP) is 4.49. The number of anilines is 1. The molecule has 5 aromatic rings. The number of fused-ring (bicyclic) bond motifs is 3. The number of hydrogen-bond donors (Lipinski definition) is 0. The minimum atomic E-state index is -0.854. The number of rotatable bonds is 3. The van der Waals surface area contributed by atoms with E-state index >= 15 is 0 Å². The van der Waals surface area contributed by atoms with Crippen molar-refractivity contribution in [3.05, 3.63) is 89.5 Å². The van der Waals surface area contributed by atoms with Crippen LogP contribution in [0.4, 0.5) is 14.7 Å². The number of benzene rings is 3. The zero-order valence-electron chi connectivity index (χ0n) is 19.5. The number of aromatic nitrogens is 4. The number of halogens is 2. The topological polar surface area (TPSA) is 66.6 Å². The zero-order chi connectivity index (χ0) is 24.8. The van der Waals surface area contributed by atoms with Crippen molar-refractivity contribution < 1.29 is 13.6 Å². The van der Waals surface area contributed by atoms with Crippen LogP contribution in [0.25, 0.3) is 27.9 Å². The van der Waals surface area contributed by atoms with Gasteiger partial charge in [0.25, 0.3) is 5.91 Å². The standard InChI is InChI=1S/C27H22F2N6O/c1-17-5-4-6-18(15-17)24-31-32-25-21-7-2-3-8-23(21)30-27(35(24)25)34-13-11-33(12-14-34)26(36)20-10-9-19(28)16-22(20)29/h2-10,15-16H,11-14H2,1H3. The second-order valence-corrected chi connectivity index (χ2v) is 8.88. The Morgan fingerprint density at radius 1 is 0.889 bits per heavy atom. The second-order valence-electron chi connectivity index (χ2n) is 8.88. The third-order valence-electron chi connectivity index (χ3n) is 6.52. The molecule has 9 heteroatoms. The highest BCUT2D eigenvalue weighted by atomic mass is 19.1. The molecular weight excluding hydrogens is 462 g/mol. The largest absolute Gasteiger partial charge is 0.338 e. The Labute approximate surface area is 205 Å². The van der Waals surface area contributed by atoms with Crippen LogP contribution >= 0.6 is 0 Å². The molecule has 6 rings (SSSR count). The lowest BCUT2D eigenvalue weighted by molar-refractivity contribution is 0.0741. The average Bonchev–Trinajstić information content (AvgIpc) is 3.34. The molecule has 0 spiro atoms. The molecule has 36 heavy (non-hydrogen) atoms. The van der Waals surface area contributed by atoms with Crippen molar-refractivity contribution in [3.63, 3.8) is 0 Å². The summed E-state index contributed by atoms with van der Waals surface area (Å²) in [6.07, 6.45) is 0. The highest BCUT2D eigenvalue weighted by Crippen LogP contribution is 2.29. The molecule has 0 radical (unpaired) electrons. The molecule has 1 aliphatic rings. The Balaban J connectivity index is 1.37. The van der Waals surface area contributed by atoms with Crippen LogP contribution in [0.3, 0.4) is 0 Å². The molecular formula is C27H22F2N6O. The number of aryl methyl sites for hydroxylation is 1. The van der Waals surface area contributed by atoms with Gasteiger partial charge in [-0.05, 0) is 37.3 Å². The number of para-hydroxylation sites is 1. The number of hydrogen-bond acceptors (Lipinski definition) is 5. The molecule has 0 aliphatic carbocycles. The summed E-state index contributed by atoms with van der Waals surface area (Å²) in [7, 11) is 0. The summed E-state index contributed by atoms with van der Waals surface area (Å²) in [5.41, 5.74) is 3.42. The third kappa shape index (κ3) is 3.73. The fourth-order valence-electron chi connectivity index (χ4n) is 4.69. The maximum Gasteiger partial charge on any atom is 0.256 e. The highest BCUT2D eigenvalue weighted by molar-refractivity contribution is 5.95. The maximum absolute atomic E-state index is 14.2. The maximum atomic E-state index is 14.2. The lowest BCUT2D eigenvalue weighted by atomic mass is 10.1. The van der Waals surface area contributed by atoms with E-state index in [-0.39, 0.29) is 5.56 Å². The number of carbonyl (C=O) groups is 1. The summed E-state index contributed by atoms with van der Waals surface area (Å²) >= 11 is 0. The molecule has 0 N–H and O–H groups in total. The van der Waals surface area contributed by atoms with Gasteiger partial charge in [0.1, 0.15) is 11.6 Å². The van der Waals surface area contributed by atoms with Crippen molar-refractivity contribution in [1.82, 2.24) is 24.5 Å². The molecule has 0 unspecified atom stereocenters. The van der Waals surface area contributed by atoms with Crippen LogP contribution in [0.15, 0.2) is 66.7 Å². The molecule has 0 atom stereocenters. The van der Waals surface area contributed by atoms with Gasteiger partial charge in [-0.25, -0.2) is 18.2 Å². The van der Waals surface area contributed by atoms with Gasteiger partial charge in [-0.2, -0.15) is 0 Å². The summed E-state index contributed by atoms with van der Waals surface area (Å²) in [6, 6.07) is 18.9. The lowest BCUT2D eigenvalue weighted by Crippen LogP contribution is -2.49. The van der Waals surface area contributed by atoms with Crippen molar-refractivity contribution in [2.45, 2.75) is 6.92 Å². The second kappa shape index (κ2) is 8.67. The van der Waals surface area contributed by atoms with Crippen LogP contribution in [-0.4, -0.2) is 56.6 Å². The fourth-order valence-corrected chi connectivity index (χ4v) is 4.69. The SMILES string of the molecule is Cc1cccc(-c2nnc3c4ccccc4nc(N4CCN(C(=O)c5ccc(F)cc5F)CC4)n23)c1. The van der Waals surface area contributed by atoms with Crippen molar-refractivity contribution in [2.24, 2.45) is 0 Å². The van der Waals surface area contributed by atoms with Gasteiger partial charge in [0.15, 0.2) is 11.5 Å². The van der Waals surface area contributed by atoms with Gasteiger partial charge in [0.05, 0.1) is 11.1 Å². The van der Waals surface area contributed by atoms with E-state index < -0.39 is 17.5 Å². The van der Waals surface area contributed by atoms with E-state index in [9.17, 15) is 13.6 Å². The predicted molar refractivity (Wildman–Crippen MR) is 133 cm³/mol. The van der Waals surface area contributed by atoms with Crippen molar-refractivity contribution >= 4 is 28.4 Å². The van der Waals surface area contributed by atoms with Gasteiger partial charge >= 0.3 is 0 Å². The summed E-state index contributed by atoms with van der Waals surface area (Å²) < 4.78 is 29.5. The Morgan fingerprint density at radius 3 is 2.47 bits per heavy atom. The van der Waals surface area contributed by atoms with E-state index in [0.717, 1.165) is 34.2 Å². The van der Waals surface area contributed by atoms with Gasteiger partial charge in [-0.15, -0.1) is 10.2 Å². The Hall–Kier alpha value is -4.40. The van der Waals surface area contributed by atoms with Gasteiger partial charge in [0.2, 0.25) is 5.95 Å². The van der Waals surface area contributed by atoms with Crippen LogP contribution in [0, 0.1) is 18.6 Å². The Morgan fingerprint density at radius 2 is 1.69 bits per heavy atom. The van der Waals surface area contributed by atoms with Crippen LogP contribution in [0.1, 0.15) is 15.9 Å². The molecule has 0 bridgehead atoms. The first kappa shape index (κ1) is 22.1. The van der Waals surface area contributed by atoms with E-state index in [1.54, 1.807) is 4.90 Å². The Kier molecular flexibility index (Phi) is 5.32. The molecule has 3 aromatic carbocycles. The minimum Gasteiger partial charge on any atom is -0.338 e. The van der Waals surface area contributed by atoms with Crippen LogP contribution in [0.2, 0.25) is 0 Å². The molecule has 1 amide bonds. The molecule has 7 nitrogen and oxygen atoms in total. The molecule has 180 valence electrons. The number of nitrogens with zero attached hydrogens (tertiary/aromatic N) is 6. The molecule has 3 heterocycles. The molecule has 1 fully saturated rings. The monoisotopic (exact) mass is 484 g/mol. The van der Waals surface area contributed by atoms with E-state index in [1.165, 1.54) is 6.07 Å². The van der Waals surface area contributed by atoms with E-state index in [2.05, 4.69) is 21.2 Å². The minimum absolute atomic E-state index is 0.128. The summed E-state index contributed by atoms with van der Waals surface area (Å²) in [4.78, 5) is 21.5. The normalized spacial score (nSPS) is 14.1. The molecule has 2 aromatic heterocycles. The first-order valence-corrected chi connectivity index (χ1v) is 11.7. The van der Waals surface area contributed by atoms with Crippen molar-refractivity contribution in [2.75, 3.05) is 31.1 Å². The number of carbonyl (C=O) groups excluding carboxylic acids is 1. The van der Waals surface area contributed by atoms with E-state index in [0.29, 0.717) is 43.6 Å². The Bertz CT molecular complexity index is 1620. The summed E-state index contributed by atoms with van der Waals surface area (Å²) in [5.74, 6) is -0.640. The first-order chi connectivity index (χ1) is 17.5. The van der Waals surface area contributed by atoms with Crippen LogP contribution < -0.4 is 4.90 Å². The third-order valence-corrected chi connectivity index (χ3v) is 6.52. The quantitative estimate of drug-likeness (QED) is 0.378. The number of amides is 1. The first-order valence-electron chi connectivity index (χ1n) is 11.7. The van der Waals surface area contributed by atoms with Gasteiger partial charge in [-0.1, -0.05) is 35.9 Å². The van der Waals surface area contributed by atoms with Gasteiger partial charge in [0, 0.05) is 43.2 Å². The van der Waals surface area contributed by atoms with Crippen molar-refractivity contribution in [3.8, 4) is 11.4 Å². The summed E-state index contributed by atoms with van der Waals surface area (Å²) in [6.45, 7) is 3.74. The lowest BCUT2D eigenvalue weighted by Gasteiger charge is -2.35. The zero-order valence-corrected chi connectivity index (χ0v) is 19.5.